The molecule has 0 spiro atoms. The molecule has 5 heteroatoms. The SMILES string of the molecule is C/C=N/O/C(=C\CC)c1c(Cl)nc2ccc(N)cc2c1-c1ccccc1. The van der Waals surface area contributed by atoms with Crippen LogP contribution in [0.15, 0.2) is 59.8 Å². The van der Waals surface area contributed by atoms with Crippen molar-refractivity contribution >= 4 is 40.2 Å². The molecule has 1 aromatic heterocycles. The molecular weight excluding hydrogens is 346 g/mol. The van der Waals surface area contributed by atoms with Gasteiger partial charge in [-0.05, 0) is 43.2 Å². The number of aromatic nitrogens is 1. The number of nitrogen functional groups attached to an aromatic ring is 1. The average molecular weight is 366 g/mol. The number of anilines is 1. The third-order valence-electron chi connectivity index (χ3n) is 3.92. The molecule has 0 radical (unpaired) electrons. The van der Waals surface area contributed by atoms with E-state index < -0.39 is 0 Å². The monoisotopic (exact) mass is 365 g/mol. The molecule has 0 saturated carbocycles. The fourth-order valence-corrected chi connectivity index (χ4v) is 3.14. The predicted molar refractivity (Wildman–Crippen MR) is 110 cm³/mol. The standard InChI is InChI=1S/C21H20ClN3O/c1-3-8-18(26-24-4-2)20-19(14-9-6-5-7-10-14)16-13-15(23)11-12-17(16)25-21(20)22/h4-13H,3,23H2,1-2H3/b18-8-,24-4+. The number of benzene rings is 2. The number of hydrogen-bond donors (Lipinski definition) is 1. The van der Waals surface area contributed by atoms with Gasteiger partial charge in [0.2, 0.25) is 0 Å². The molecule has 0 aliphatic heterocycles. The van der Waals surface area contributed by atoms with Gasteiger partial charge in [0.25, 0.3) is 0 Å². The summed E-state index contributed by atoms with van der Waals surface area (Å²) in [4.78, 5) is 10.2. The van der Waals surface area contributed by atoms with Crippen LogP contribution >= 0.6 is 11.6 Å². The van der Waals surface area contributed by atoms with Crippen LogP contribution in [-0.4, -0.2) is 11.2 Å². The molecule has 2 aromatic carbocycles. The highest BCUT2D eigenvalue weighted by Gasteiger charge is 2.20. The van der Waals surface area contributed by atoms with Crippen LogP contribution in [0.5, 0.6) is 0 Å². The summed E-state index contributed by atoms with van der Waals surface area (Å²) in [7, 11) is 0. The minimum Gasteiger partial charge on any atom is -0.399 e. The topological polar surface area (TPSA) is 60.5 Å². The van der Waals surface area contributed by atoms with E-state index in [1.54, 1.807) is 13.1 Å². The fraction of sp³-hybridized carbons (Fsp3) is 0.143. The van der Waals surface area contributed by atoms with Crippen LogP contribution in [0.25, 0.3) is 27.8 Å². The quantitative estimate of drug-likeness (QED) is 0.201. The number of fused-ring (bicyclic) bond motifs is 1. The van der Waals surface area contributed by atoms with Gasteiger partial charge >= 0.3 is 0 Å². The van der Waals surface area contributed by atoms with Gasteiger partial charge in [0.15, 0.2) is 5.76 Å². The molecule has 3 aromatic rings. The van der Waals surface area contributed by atoms with Crippen LogP contribution in [0, 0.1) is 0 Å². The molecule has 0 amide bonds. The normalized spacial score (nSPS) is 12.0. The molecule has 3 rings (SSSR count). The van der Waals surface area contributed by atoms with Crippen molar-refractivity contribution in [3.63, 3.8) is 0 Å². The lowest BCUT2D eigenvalue weighted by atomic mass is 9.95. The van der Waals surface area contributed by atoms with E-state index >= 15 is 0 Å². The first kappa shape index (κ1) is 18.0. The van der Waals surface area contributed by atoms with Crippen LogP contribution < -0.4 is 5.73 Å². The van der Waals surface area contributed by atoms with Crippen LogP contribution in [0.3, 0.4) is 0 Å². The smallest absolute Gasteiger partial charge is 0.164 e. The molecular formula is C21H20ClN3O. The first-order chi connectivity index (χ1) is 12.7. The Morgan fingerprint density at radius 2 is 2.00 bits per heavy atom. The summed E-state index contributed by atoms with van der Waals surface area (Å²) in [6.45, 7) is 3.82. The molecule has 0 saturated heterocycles. The van der Waals surface area contributed by atoms with Crippen LogP contribution in [0.2, 0.25) is 5.15 Å². The highest BCUT2D eigenvalue weighted by Crippen LogP contribution is 2.40. The number of allylic oxidation sites excluding steroid dienone is 1. The Bertz CT molecular complexity index is 981. The van der Waals surface area contributed by atoms with E-state index in [0.29, 0.717) is 22.2 Å². The lowest BCUT2D eigenvalue weighted by molar-refractivity contribution is 0.299. The Morgan fingerprint density at radius 3 is 2.69 bits per heavy atom. The second-order valence-corrected chi connectivity index (χ2v) is 6.08. The van der Waals surface area contributed by atoms with Crippen molar-refractivity contribution in [2.24, 2.45) is 5.16 Å². The zero-order valence-electron chi connectivity index (χ0n) is 14.7. The second-order valence-electron chi connectivity index (χ2n) is 5.73. The van der Waals surface area contributed by atoms with Gasteiger partial charge in [0.05, 0.1) is 11.1 Å². The Labute approximate surface area is 157 Å². The predicted octanol–water partition coefficient (Wildman–Crippen LogP) is 5.91. The third-order valence-corrected chi connectivity index (χ3v) is 4.19. The Hall–Kier alpha value is -2.85. The maximum atomic E-state index is 6.59. The van der Waals surface area contributed by atoms with E-state index in [1.165, 1.54) is 0 Å². The molecule has 0 atom stereocenters. The maximum Gasteiger partial charge on any atom is 0.164 e. The molecule has 132 valence electrons. The Balaban J connectivity index is 2.41. The number of oxime groups is 1. The zero-order valence-corrected chi connectivity index (χ0v) is 15.5. The molecule has 0 fully saturated rings. The minimum absolute atomic E-state index is 0.368. The van der Waals surface area contributed by atoms with E-state index in [4.69, 9.17) is 22.2 Å². The van der Waals surface area contributed by atoms with Gasteiger partial charge in [-0.2, -0.15) is 0 Å². The Morgan fingerprint density at radius 1 is 1.23 bits per heavy atom. The molecule has 0 aliphatic carbocycles. The van der Waals surface area contributed by atoms with E-state index in [1.807, 2.05) is 61.5 Å². The van der Waals surface area contributed by atoms with Gasteiger partial charge in [-0.15, -0.1) is 0 Å². The number of pyridine rings is 1. The second kappa shape index (κ2) is 8.02. The highest BCUT2D eigenvalue weighted by atomic mass is 35.5. The largest absolute Gasteiger partial charge is 0.399 e. The molecule has 2 N–H and O–H groups in total. The molecule has 1 heterocycles. The lowest BCUT2D eigenvalue weighted by Gasteiger charge is -2.16. The van der Waals surface area contributed by atoms with E-state index in [9.17, 15) is 0 Å². The summed E-state index contributed by atoms with van der Waals surface area (Å²) in [5, 5.41) is 5.22. The van der Waals surface area contributed by atoms with Crippen molar-refractivity contribution in [1.29, 1.82) is 0 Å². The van der Waals surface area contributed by atoms with Crippen molar-refractivity contribution in [2.75, 3.05) is 5.73 Å². The van der Waals surface area contributed by atoms with E-state index in [-0.39, 0.29) is 0 Å². The maximum absolute atomic E-state index is 6.59. The summed E-state index contributed by atoms with van der Waals surface area (Å²) in [6, 6.07) is 15.6. The van der Waals surface area contributed by atoms with Gasteiger partial charge in [0.1, 0.15) is 5.15 Å². The van der Waals surface area contributed by atoms with Gasteiger partial charge < -0.3 is 10.6 Å². The lowest BCUT2D eigenvalue weighted by Crippen LogP contribution is -1.99. The number of hydrogen-bond acceptors (Lipinski definition) is 4. The summed E-state index contributed by atoms with van der Waals surface area (Å²) < 4.78 is 0. The number of rotatable bonds is 5. The van der Waals surface area contributed by atoms with Gasteiger partial charge in [-0.25, -0.2) is 4.98 Å². The molecule has 0 aliphatic rings. The summed E-state index contributed by atoms with van der Waals surface area (Å²) in [5.41, 5.74) is 10.1. The highest BCUT2D eigenvalue weighted by molar-refractivity contribution is 6.32. The molecule has 0 unspecified atom stereocenters. The Kier molecular flexibility index (Phi) is 5.54. The molecule has 0 bridgehead atoms. The summed E-state index contributed by atoms with van der Waals surface area (Å²) in [6.07, 6.45) is 4.31. The van der Waals surface area contributed by atoms with Gasteiger partial charge in [0, 0.05) is 22.9 Å². The van der Waals surface area contributed by atoms with Crippen molar-refractivity contribution < 1.29 is 4.84 Å². The average Bonchev–Trinajstić information content (AvgIpc) is 2.65. The van der Waals surface area contributed by atoms with Crippen LogP contribution in [0.1, 0.15) is 25.8 Å². The zero-order chi connectivity index (χ0) is 18.5. The third kappa shape index (κ3) is 3.55. The van der Waals surface area contributed by atoms with Crippen molar-refractivity contribution in [2.45, 2.75) is 20.3 Å². The number of nitrogens with two attached hydrogens (primary N) is 1. The van der Waals surface area contributed by atoms with Crippen molar-refractivity contribution in [3.8, 4) is 11.1 Å². The van der Waals surface area contributed by atoms with Crippen LogP contribution in [-0.2, 0) is 4.84 Å². The molecule has 26 heavy (non-hydrogen) atoms. The number of halogens is 1. The van der Waals surface area contributed by atoms with Gasteiger partial charge in [-0.1, -0.05) is 54.0 Å². The van der Waals surface area contributed by atoms with E-state index in [0.717, 1.165) is 28.5 Å². The van der Waals surface area contributed by atoms with Crippen molar-refractivity contribution in [3.05, 3.63) is 65.3 Å². The minimum atomic E-state index is 0.368. The first-order valence-corrected chi connectivity index (χ1v) is 8.83. The molecule has 4 nitrogen and oxygen atoms in total. The van der Waals surface area contributed by atoms with Gasteiger partial charge in [-0.3, -0.25) is 0 Å². The first-order valence-electron chi connectivity index (χ1n) is 8.45. The van der Waals surface area contributed by atoms with E-state index in [2.05, 4.69) is 10.1 Å². The number of nitrogens with zero attached hydrogens (tertiary/aromatic N) is 2. The summed E-state index contributed by atoms with van der Waals surface area (Å²) in [5.74, 6) is 0.575. The fourth-order valence-electron chi connectivity index (χ4n) is 2.86. The van der Waals surface area contributed by atoms with Crippen LogP contribution in [0.4, 0.5) is 5.69 Å². The summed E-state index contributed by atoms with van der Waals surface area (Å²) >= 11 is 6.59. The van der Waals surface area contributed by atoms with Crippen molar-refractivity contribution in [1.82, 2.24) is 4.98 Å².